The predicted octanol–water partition coefficient (Wildman–Crippen LogP) is 4.75. The van der Waals surface area contributed by atoms with Gasteiger partial charge in [-0.15, -0.1) is 0 Å². The third-order valence-electron chi connectivity index (χ3n) is 2.91. The van der Waals surface area contributed by atoms with Gasteiger partial charge in [-0.05, 0) is 36.2 Å². The minimum atomic E-state index is 0.516. The van der Waals surface area contributed by atoms with E-state index in [0.717, 1.165) is 16.6 Å². The molecule has 0 aliphatic heterocycles. The molecule has 0 bridgehead atoms. The summed E-state index contributed by atoms with van der Waals surface area (Å²) in [7, 11) is 0. The highest BCUT2D eigenvalue weighted by Crippen LogP contribution is 2.28. The molecule has 0 spiro atoms. The molecular weight excluding hydrogens is 240 g/mol. The van der Waals surface area contributed by atoms with Gasteiger partial charge in [-0.3, -0.25) is 0 Å². The summed E-state index contributed by atoms with van der Waals surface area (Å²) in [6, 6.07) is 13.1. The van der Waals surface area contributed by atoms with Crippen molar-refractivity contribution in [3.05, 3.63) is 58.5 Å². The van der Waals surface area contributed by atoms with Crippen molar-refractivity contribution in [1.29, 1.82) is 0 Å². The molecule has 0 aliphatic rings. The number of aryl methyl sites for hydroxylation is 1. The van der Waals surface area contributed by atoms with Gasteiger partial charge in [0.25, 0.3) is 0 Å². The summed E-state index contributed by atoms with van der Waals surface area (Å²) in [6.07, 6.45) is 0. The van der Waals surface area contributed by atoms with Crippen LogP contribution in [0.1, 0.15) is 5.56 Å². The van der Waals surface area contributed by atoms with Crippen molar-refractivity contribution < 1.29 is 4.42 Å². The number of oxazole rings is 1. The van der Waals surface area contributed by atoms with Crippen molar-refractivity contribution in [2.24, 2.45) is 5.11 Å². The van der Waals surface area contributed by atoms with Crippen LogP contribution in [0.15, 0.2) is 52.0 Å². The molecule has 0 saturated heterocycles. The van der Waals surface area contributed by atoms with Crippen LogP contribution in [0.5, 0.6) is 0 Å². The Labute approximate surface area is 109 Å². The van der Waals surface area contributed by atoms with Gasteiger partial charge in [-0.1, -0.05) is 29.4 Å². The van der Waals surface area contributed by atoms with Crippen LogP contribution in [0, 0.1) is 6.92 Å². The Morgan fingerprint density at radius 3 is 2.84 bits per heavy atom. The summed E-state index contributed by atoms with van der Waals surface area (Å²) < 4.78 is 5.73. The van der Waals surface area contributed by atoms with Crippen molar-refractivity contribution in [1.82, 2.24) is 4.98 Å². The Morgan fingerprint density at radius 2 is 2.05 bits per heavy atom. The van der Waals surface area contributed by atoms with E-state index in [2.05, 4.69) is 15.0 Å². The quantitative estimate of drug-likeness (QED) is 0.374. The molecule has 5 nitrogen and oxygen atoms in total. The van der Waals surface area contributed by atoms with Gasteiger partial charge in [0.1, 0.15) is 5.52 Å². The zero-order chi connectivity index (χ0) is 13.2. The summed E-state index contributed by atoms with van der Waals surface area (Å²) in [6.45, 7) is 2.01. The normalized spacial score (nSPS) is 10.4. The van der Waals surface area contributed by atoms with Crippen LogP contribution in [-0.4, -0.2) is 4.98 Å². The highest BCUT2D eigenvalue weighted by atomic mass is 16.3. The number of aromatic nitrogens is 1. The Bertz CT molecular complexity index is 800. The number of benzene rings is 2. The largest absolute Gasteiger partial charge is 0.436 e. The molecule has 2 aromatic carbocycles. The van der Waals surface area contributed by atoms with Gasteiger partial charge in [0.05, 0.1) is 0 Å². The van der Waals surface area contributed by atoms with E-state index < -0.39 is 0 Å². The lowest BCUT2D eigenvalue weighted by Crippen LogP contribution is -1.81. The van der Waals surface area contributed by atoms with Gasteiger partial charge in [-0.2, -0.15) is 0 Å². The second-order valence-electron chi connectivity index (χ2n) is 4.18. The standard InChI is InChI=1S/C14H10N4O/c1-9-4-2-3-5-11(9)14-16-12-7-6-10(17-18-15)8-13(12)19-14/h2-8H,1H3. The SMILES string of the molecule is Cc1ccccc1-c1nc2ccc(N=[N+]=[N-])cc2o1. The number of rotatable bonds is 2. The van der Waals surface area contributed by atoms with Gasteiger partial charge in [0.2, 0.25) is 5.89 Å². The maximum absolute atomic E-state index is 8.42. The van der Waals surface area contributed by atoms with E-state index in [1.165, 1.54) is 0 Å². The van der Waals surface area contributed by atoms with Crippen molar-refractivity contribution in [2.75, 3.05) is 0 Å². The first-order valence-corrected chi connectivity index (χ1v) is 5.79. The van der Waals surface area contributed by atoms with E-state index in [-0.39, 0.29) is 0 Å². The number of hydrogen-bond acceptors (Lipinski definition) is 3. The molecule has 0 unspecified atom stereocenters. The number of fused-ring (bicyclic) bond motifs is 1. The second kappa shape index (κ2) is 4.48. The summed E-state index contributed by atoms with van der Waals surface area (Å²) >= 11 is 0. The molecule has 1 heterocycles. The second-order valence-corrected chi connectivity index (χ2v) is 4.18. The zero-order valence-electron chi connectivity index (χ0n) is 10.2. The maximum atomic E-state index is 8.42. The van der Waals surface area contributed by atoms with Crippen LogP contribution >= 0.6 is 0 Å². The fourth-order valence-electron chi connectivity index (χ4n) is 1.96. The molecule has 3 aromatic rings. The lowest BCUT2D eigenvalue weighted by molar-refractivity contribution is 0.619. The summed E-state index contributed by atoms with van der Waals surface area (Å²) in [5.41, 5.74) is 12.4. The average Bonchev–Trinajstić information content (AvgIpc) is 2.82. The molecule has 92 valence electrons. The average molecular weight is 250 g/mol. The summed E-state index contributed by atoms with van der Waals surface area (Å²) in [5.74, 6) is 0.575. The molecule has 0 radical (unpaired) electrons. The molecule has 0 atom stereocenters. The van der Waals surface area contributed by atoms with Gasteiger partial charge in [0.15, 0.2) is 5.58 Å². The summed E-state index contributed by atoms with van der Waals surface area (Å²) in [4.78, 5) is 7.20. The molecule has 0 fully saturated rings. The van der Waals surface area contributed by atoms with E-state index in [0.29, 0.717) is 17.2 Å². The third-order valence-corrected chi connectivity index (χ3v) is 2.91. The first kappa shape index (κ1) is 11.3. The molecule has 0 aliphatic carbocycles. The smallest absolute Gasteiger partial charge is 0.227 e. The molecule has 5 heteroatoms. The first-order chi connectivity index (χ1) is 9.28. The Balaban J connectivity index is 2.17. The van der Waals surface area contributed by atoms with E-state index in [9.17, 15) is 0 Å². The molecule has 0 N–H and O–H groups in total. The van der Waals surface area contributed by atoms with E-state index in [1.54, 1.807) is 18.2 Å². The monoisotopic (exact) mass is 250 g/mol. The highest BCUT2D eigenvalue weighted by Gasteiger charge is 2.10. The predicted molar refractivity (Wildman–Crippen MR) is 73.0 cm³/mol. The summed E-state index contributed by atoms with van der Waals surface area (Å²) in [5, 5.41) is 3.55. The zero-order valence-corrected chi connectivity index (χ0v) is 10.2. The number of hydrogen-bond donors (Lipinski definition) is 0. The van der Waals surface area contributed by atoms with Gasteiger partial charge >= 0.3 is 0 Å². The van der Waals surface area contributed by atoms with Crippen LogP contribution in [0.3, 0.4) is 0 Å². The number of nitrogens with zero attached hydrogens (tertiary/aromatic N) is 4. The Morgan fingerprint density at radius 1 is 1.21 bits per heavy atom. The first-order valence-electron chi connectivity index (χ1n) is 5.79. The molecule has 19 heavy (non-hydrogen) atoms. The fraction of sp³-hybridized carbons (Fsp3) is 0.0714. The minimum Gasteiger partial charge on any atom is -0.436 e. The lowest BCUT2D eigenvalue weighted by Gasteiger charge is -1.98. The van der Waals surface area contributed by atoms with Gasteiger partial charge < -0.3 is 4.42 Å². The van der Waals surface area contributed by atoms with E-state index in [4.69, 9.17) is 9.95 Å². The fourth-order valence-corrected chi connectivity index (χ4v) is 1.96. The minimum absolute atomic E-state index is 0.516. The maximum Gasteiger partial charge on any atom is 0.227 e. The van der Waals surface area contributed by atoms with Crippen molar-refractivity contribution in [3.8, 4) is 11.5 Å². The van der Waals surface area contributed by atoms with Gasteiger partial charge in [0, 0.05) is 16.2 Å². The van der Waals surface area contributed by atoms with E-state index in [1.807, 2.05) is 31.2 Å². The van der Waals surface area contributed by atoms with Crippen LogP contribution < -0.4 is 0 Å². The van der Waals surface area contributed by atoms with Crippen molar-refractivity contribution >= 4 is 16.8 Å². The molecular formula is C14H10N4O. The van der Waals surface area contributed by atoms with Crippen LogP contribution in [0.25, 0.3) is 33.0 Å². The highest BCUT2D eigenvalue weighted by molar-refractivity contribution is 5.79. The Kier molecular flexibility index (Phi) is 2.67. The van der Waals surface area contributed by atoms with Gasteiger partial charge in [-0.25, -0.2) is 4.98 Å². The van der Waals surface area contributed by atoms with Crippen LogP contribution in [0.2, 0.25) is 0 Å². The topological polar surface area (TPSA) is 74.8 Å². The van der Waals surface area contributed by atoms with Crippen molar-refractivity contribution in [3.63, 3.8) is 0 Å². The number of azide groups is 1. The van der Waals surface area contributed by atoms with Crippen molar-refractivity contribution in [2.45, 2.75) is 6.92 Å². The van der Waals surface area contributed by atoms with Crippen LogP contribution in [-0.2, 0) is 0 Å². The molecule has 1 aromatic heterocycles. The lowest BCUT2D eigenvalue weighted by atomic mass is 10.1. The Hall–Kier alpha value is -2.78. The van der Waals surface area contributed by atoms with E-state index >= 15 is 0 Å². The molecule has 0 saturated carbocycles. The molecule has 0 amide bonds. The third kappa shape index (κ3) is 2.03. The van der Waals surface area contributed by atoms with Crippen LogP contribution in [0.4, 0.5) is 5.69 Å². The molecule has 3 rings (SSSR count).